The first-order valence-electron chi connectivity index (χ1n) is 10.5. The molecule has 0 aliphatic carbocycles. The zero-order valence-electron chi connectivity index (χ0n) is 18.4. The monoisotopic (exact) mass is 449 g/mol. The number of benzene rings is 1. The van der Waals surface area contributed by atoms with Crippen LogP contribution in [-0.4, -0.2) is 34.3 Å². The van der Waals surface area contributed by atoms with Crippen LogP contribution in [-0.2, 0) is 9.53 Å². The zero-order chi connectivity index (χ0) is 22.7. The van der Waals surface area contributed by atoms with Crippen LogP contribution >= 0.6 is 12.2 Å². The third-order valence-corrected chi connectivity index (χ3v) is 5.79. The van der Waals surface area contributed by atoms with Gasteiger partial charge >= 0.3 is 0 Å². The van der Waals surface area contributed by atoms with Crippen LogP contribution in [0.5, 0.6) is 0 Å². The van der Waals surface area contributed by atoms with Crippen molar-refractivity contribution in [2.24, 2.45) is 0 Å². The predicted octanol–water partition coefficient (Wildman–Crippen LogP) is 4.23. The molecule has 4 rings (SSSR count). The lowest BCUT2D eigenvalue weighted by Gasteiger charge is -2.27. The SMILES string of the molecule is COCC(=O)Nc1ccc(N2C(=S)N[C@H](c3ccccn3)[C@H]2c2ccn(C(C)C)c2)cc1. The van der Waals surface area contributed by atoms with Crippen molar-refractivity contribution in [3.8, 4) is 0 Å². The molecule has 1 amide bonds. The number of carbonyl (C=O) groups is 1. The summed E-state index contributed by atoms with van der Waals surface area (Å²) in [7, 11) is 1.49. The third-order valence-electron chi connectivity index (χ3n) is 5.48. The number of pyridine rings is 1. The van der Waals surface area contributed by atoms with Crippen LogP contribution in [0.4, 0.5) is 11.4 Å². The van der Waals surface area contributed by atoms with Crippen LogP contribution in [0.3, 0.4) is 0 Å². The number of amides is 1. The van der Waals surface area contributed by atoms with Gasteiger partial charge in [-0.2, -0.15) is 0 Å². The molecular weight excluding hydrogens is 422 g/mol. The summed E-state index contributed by atoms with van der Waals surface area (Å²) in [5, 5.41) is 6.93. The maximum atomic E-state index is 11.8. The Labute approximate surface area is 193 Å². The number of carbonyl (C=O) groups excluding carboxylic acids is 1. The Morgan fingerprint density at radius 1 is 1.22 bits per heavy atom. The standard InChI is InChI=1S/C24H27N5O2S/c1-16(2)28-13-11-17(14-28)23-22(20-6-4-5-12-25-20)27-24(32)29(23)19-9-7-18(8-10-19)26-21(30)15-31-3/h4-14,16,22-23H,15H2,1-3H3,(H,26,30)(H,27,32)/t22-,23-/m1/s1. The molecule has 8 heteroatoms. The van der Waals surface area contributed by atoms with Crippen LogP contribution in [0.15, 0.2) is 67.1 Å². The minimum atomic E-state index is -0.193. The lowest BCUT2D eigenvalue weighted by molar-refractivity contribution is -0.119. The van der Waals surface area contributed by atoms with Gasteiger partial charge in [-0.3, -0.25) is 9.78 Å². The average Bonchev–Trinajstić information content (AvgIpc) is 3.40. The summed E-state index contributed by atoms with van der Waals surface area (Å²) < 4.78 is 7.07. The van der Waals surface area contributed by atoms with E-state index >= 15 is 0 Å². The molecule has 166 valence electrons. The van der Waals surface area contributed by atoms with Gasteiger partial charge in [0.05, 0.1) is 17.8 Å². The predicted molar refractivity (Wildman–Crippen MR) is 130 cm³/mol. The number of hydrogen-bond donors (Lipinski definition) is 2. The van der Waals surface area contributed by atoms with Gasteiger partial charge in [-0.25, -0.2) is 0 Å². The van der Waals surface area contributed by atoms with E-state index in [1.54, 1.807) is 6.20 Å². The van der Waals surface area contributed by atoms with E-state index in [9.17, 15) is 4.79 Å². The van der Waals surface area contributed by atoms with Gasteiger partial charge < -0.3 is 24.8 Å². The highest BCUT2D eigenvalue weighted by atomic mass is 32.1. The molecule has 2 N–H and O–H groups in total. The van der Waals surface area contributed by atoms with E-state index in [2.05, 4.69) is 57.4 Å². The molecule has 0 saturated carbocycles. The molecule has 2 aromatic heterocycles. The van der Waals surface area contributed by atoms with Crippen molar-refractivity contribution in [1.29, 1.82) is 0 Å². The summed E-state index contributed by atoms with van der Waals surface area (Å²) >= 11 is 5.77. The lowest BCUT2D eigenvalue weighted by Crippen LogP contribution is -2.29. The number of rotatable bonds is 7. The molecule has 32 heavy (non-hydrogen) atoms. The highest BCUT2D eigenvalue weighted by Gasteiger charge is 2.41. The smallest absolute Gasteiger partial charge is 0.250 e. The largest absolute Gasteiger partial charge is 0.375 e. The van der Waals surface area contributed by atoms with Gasteiger partial charge in [0.25, 0.3) is 0 Å². The Balaban J connectivity index is 1.68. The van der Waals surface area contributed by atoms with Crippen LogP contribution in [0.25, 0.3) is 0 Å². The first-order chi connectivity index (χ1) is 15.5. The van der Waals surface area contributed by atoms with Crippen LogP contribution < -0.4 is 15.5 Å². The van der Waals surface area contributed by atoms with E-state index in [0.717, 1.165) is 16.9 Å². The minimum absolute atomic E-state index is 0.0164. The molecule has 1 aliphatic rings. The van der Waals surface area contributed by atoms with Crippen LogP contribution in [0, 0.1) is 0 Å². The molecule has 0 bridgehead atoms. The zero-order valence-corrected chi connectivity index (χ0v) is 19.2. The molecule has 0 unspecified atom stereocenters. The number of aromatic nitrogens is 2. The molecule has 1 saturated heterocycles. The average molecular weight is 450 g/mol. The molecule has 3 heterocycles. The normalized spacial score (nSPS) is 18.1. The first-order valence-corrected chi connectivity index (χ1v) is 11.0. The van der Waals surface area contributed by atoms with Crippen LogP contribution in [0.1, 0.15) is 43.2 Å². The van der Waals surface area contributed by atoms with Crippen molar-refractivity contribution < 1.29 is 9.53 Å². The molecule has 0 spiro atoms. The van der Waals surface area contributed by atoms with E-state index in [4.69, 9.17) is 17.0 Å². The first kappa shape index (κ1) is 22.0. The number of hydrogen-bond acceptors (Lipinski definition) is 4. The molecular formula is C24H27N5O2S. The van der Waals surface area contributed by atoms with Gasteiger partial charge in [-0.1, -0.05) is 6.07 Å². The number of ether oxygens (including phenoxy) is 1. The van der Waals surface area contributed by atoms with Gasteiger partial charge in [0.15, 0.2) is 5.11 Å². The van der Waals surface area contributed by atoms with Gasteiger partial charge in [-0.15, -0.1) is 0 Å². The second-order valence-electron chi connectivity index (χ2n) is 8.01. The number of nitrogens with one attached hydrogen (secondary N) is 2. The fourth-order valence-corrected chi connectivity index (χ4v) is 4.28. The summed E-state index contributed by atoms with van der Waals surface area (Å²) in [6.45, 7) is 4.33. The van der Waals surface area contributed by atoms with E-state index in [1.807, 2.05) is 42.5 Å². The quantitative estimate of drug-likeness (QED) is 0.526. The Morgan fingerprint density at radius 3 is 2.62 bits per heavy atom. The van der Waals surface area contributed by atoms with Gasteiger partial charge in [-0.05, 0) is 74.1 Å². The number of anilines is 2. The van der Waals surface area contributed by atoms with E-state index in [-0.39, 0.29) is 24.6 Å². The Hall–Kier alpha value is -3.23. The molecule has 7 nitrogen and oxygen atoms in total. The number of nitrogens with zero attached hydrogens (tertiary/aromatic N) is 3. The minimum Gasteiger partial charge on any atom is -0.375 e. The third kappa shape index (κ3) is 4.51. The number of methoxy groups -OCH3 is 1. The summed E-state index contributed by atoms with van der Waals surface area (Å²) in [6, 6.07) is 15.9. The van der Waals surface area contributed by atoms with E-state index in [0.29, 0.717) is 16.8 Å². The fourth-order valence-electron chi connectivity index (χ4n) is 3.93. The maximum absolute atomic E-state index is 11.8. The van der Waals surface area contributed by atoms with Gasteiger partial charge in [0.1, 0.15) is 6.61 Å². The van der Waals surface area contributed by atoms with E-state index in [1.165, 1.54) is 7.11 Å². The molecule has 3 aromatic rings. The van der Waals surface area contributed by atoms with Crippen molar-refractivity contribution >= 4 is 34.6 Å². The highest BCUT2D eigenvalue weighted by molar-refractivity contribution is 7.80. The summed E-state index contributed by atoms with van der Waals surface area (Å²) in [4.78, 5) is 18.5. The van der Waals surface area contributed by atoms with Gasteiger partial charge in [0, 0.05) is 43.1 Å². The second kappa shape index (κ2) is 9.50. The van der Waals surface area contributed by atoms with Gasteiger partial charge in [0.2, 0.25) is 5.91 Å². The maximum Gasteiger partial charge on any atom is 0.250 e. The molecule has 0 radical (unpaired) electrons. The summed E-state index contributed by atoms with van der Waals surface area (Å²) in [6.07, 6.45) is 6.08. The molecule has 1 aromatic carbocycles. The van der Waals surface area contributed by atoms with Crippen LogP contribution in [0.2, 0.25) is 0 Å². The molecule has 1 fully saturated rings. The number of thiocarbonyl (C=S) groups is 1. The van der Waals surface area contributed by atoms with Crippen molar-refractivity contribution in [1.82, 2.24) is 14.9 Å². The summed E-state index contributed by atoms with van der Waals surface area (Å²) in [5.41, 5.74) is 3.73. The van der Waals surface area contributed by atoms with Crippen molar-refractivity contribution in [3.05, 3.63) is 78.4 Å². The molecule has 2 atom stereocenters. The topological polar surface area (TPSA) is 71.4 Å². The summed E-state index contributed by atoms with van der Waals surface area (Å²) in [5.74, 6) is -0.193. The molecule has 1 aliphatic heterocycles. The Bertz CT molecular complexity index is 1080. The second-order valence-corrected chi connectivity index (χ2v) is 8.40. The van der Waals surface area contributed by atoms with Crippen molar-refractivity contribution in [2.75, 3.05) is 23.9 Å². The highest BCUT2D eigenvalue weighted by Crippen LogP contribution is 2.41. The van der Waals surface area contributed by atoms with Crippen molar-refractivity contribution in [3.63, 3.8) is 0 Å². The van der Waals surface area contributed by atoms with Crippen molar-refractivity contribution in [2.45, 2.75) is 32.0 Å². The Morgan fingerprint density at radius 2 is 2.00 bits per heavy atom. The fraction of sp³-hybridized carbons (Fsp3) is 0.292. The lowest BCUT2D eigenvalue weighted by atomic mass is 9.98. The Kier molecular flexibility index (Phi) is 6.53. The van der Waals surface area contributed by atoms with E-state index < -0.39 is 0 Å².